The summed E-state index contributed by atoms with van der Waals surface area (Å²) in [5.41, 5.74) is 0. The molecule has 0 spiro atoms. The van der Waals surface area contributed by atoms with Crippen LogP contribution >= 0.6 is 0 Å². The average molecular weight is 261 g/mol. The zero-order valence-corrected chi connectivity index (χ0v) is 11.0. The molecule has 0 aliphatic carbocycles. The van der Waals surface area contributed by atoms with E-state index in [9.17, 15) is 0 Å². The fraction of sp³-hybridized carbons (Fsp3) is 0.333. The minimum Gasteiger partial charge on any atom is -0.461 e. The Bertz CT molecular complexity index is 533. The van der Waals surface area contributed by atoms with Gasteiger partial charge in [-0.05, 0) is 26.0 Å². The van der Waals surface area contributed by atoms with Crippen LogP contribution in [0.1, 0.15) is 13.8 Å². The summed E-state index contributed by atoms with van der Waals surface area (Å²) in [6.45, 7) is 3.79. The molecule has 0 bridgehead atoms. The fourth-order valence-corrected chi connectivity index (χ4v) is 1.27. The molecule has 0 saturated carbocycles. The number of ether oxygens (including phenoxy) is 2. The van der Waals surface area contributed by atoms with Crippen LogP contribution in [0.25, 0.3) is 0 Å². The second-order valence-corrected chi connectivity index (χ2v) is 3.93. The van der Waals surface area contributed by atoms with Crippen LogP contribution in [-0.4, -0.2) is 33.1 Å². The summed E-state index contributed by atoms with van der Waals surface area (Å²) in [6, 6.07) is 3.90. The van der Waals surface area contributed by atoms with Crippen LogP contribution in [0.2, 0.25) is 0 Å². The maximum Gasteiger partial charge on any atom is 0.330 e. The highest BCUT2D eigenvalue weighted by atomic mass is 16.5. The fourth-order valence-electron chi connectivity index (χ4n) is 1.27. The molecule has 0 fully saturated rings. The smallest absolute Gasteiger partial charge is 0.330 e. The first-order valence-electron chi connectivity index (χ1n) is 5.85. The molecule has 2 heterocycles. The van der Waals surface area contributed by atoms with E-state index < -0.39 is 0 Å². The van der Waals surface area contributed by atoms with Crippen LogP contribution in [-0.2, 0) is 0 Å². The standard InChI is InChI=1S/C12H15N5O2/c1-8(2)18-11-15-10(13-3)16-12(17-11)19-9-5-4-6-14-7-9/h4-8H,1-3H3,(H,13,15,16,17). The Morgan fingerprint density at radius 1 is 1.16 bits per heavy atom. The second-order valence-electron chi connectivity index (χ2n) is 3.93. The lowest BCUT2D eigenvalue weighted by Gasteiger charge is -2.10. The van der Waals surface area contributed by atoms with Gasteiger partial charge in [-0.3, -0.25) is 4.98 Å². The lowest BCUT2D eigenvalue weighted by molar-refractivity contribution is 0.218. The van der Waals surface area contributed by atoms with Crippen molar-refractivity contribution in [3.8, 4) is 17.8 Å². The molecule has 0 radical (unpaired) electrons. The average Bonchev–Trinajstić information content (AvgIpc) is 2.38. The molecule has 19 heavy (non-hydrogen) atoms. The van der Waals surface area contributed by atoms with Crippen LogP contribution in [0.3, 0.4) is 0 Å². The summed E-state index contributed by atoms with van der Waals surface area (Å²) in [5, 5.41) is 2.83. The Balaban J connectivity index is 2.24. The van der Waals surface area contributed by atoms with Gasteiger partial charge in [0, 0.05) is 13.2 Å². The van der Waals surface area contributed by atoms with E-state index in [0.29, 0.717) is 11.7 Å². The van der Waals surface area contributed by atoms with E-state index in [1.165, 1.54) is 0 Å². The molecular formula is C12H15N5O2. The van der Waals surface area contributed by atoms with Gasteiger partial charge in [0.05, 0.1) is 12.3 Å². The monoisotopic (exact) mass is 261 g/mol. The second kappa shape index (κ2) is 5.94. The molecule has 7 nitrogen and oxygen atoms in total. The maximum atomic E-state index is 5.50. The summed E-state index contributed by atoms with van der Waals surface area (Å²) in [5.74, 6) is 0.927. The largest absolute Gasteiger partial charge is 0.461 e. The van der Waals surface area contributed by atoms with E-state index in [0.717, 1.165) is 0 Å². The summed E-state index contributed by atoms with van der Waals surface area (Å²) in [7, 11) is 1.71. The van der Waals surface area contributed by atoms with E-state index in [1.807, 2.05) is 13.8 Å². The lowest BCUT2D eigenvalue weighted by atomic mass is 10.5. The Hall–Kier alpha value is -2.44. The van der Waals surface area contributed by atoms with Gasteiger partial charge < -0.3 is 14.8 Å². The highest BCUT2D eigenvalue weighted by molar-refractivity contribution is 5.28. The number of aromatic nitrogens is 4. The van der Waals surface area contributed by atoms with Gasteiger partial charge in [0.2, 0.25) is 5.95 Å². The summed E-state index contributed by atoms with van der Waals surface area (Å²) in [4.78, 5) is 16.2. The highest BCUT2D eigenvalue weighted by Gasteiger charge is 2.10. The van der Waals surface area contributed by atoms with Crippen molar-refractivity contribution in [3.63, 3.8) is 0 Å². The minimum absolute atomic E-state index is 0.0293. The molecule has 0 aliphatic heterocycles. The van der Waals surface area contributed by atoms with Gasteiger partial charge in [0.1, 0.15) is 5.75 Å². The summed E-state index contributed by atoms with van der Waals surface area (Å²) >= 11 is 0. The van der Waals surface area contributed by atoms with Crippen LogP contribution < -0.4 is 14.8 Å². The molecule has 1 N–H and O–H groups in total. The van der Waals surface area contributed by atoms with Crippen molar-refractivity contribution in [2.75, 3.05) is 12.4 Å². The van der Waals surface area contributed by atoms with Gasteiger partial charge in [-0.15, -0.1) is 4.98 Å². The zero-order chi connectivity index (χ0) is 13.7. The number of rotatable bonds is 5. The van der Waals surface area contributed by atoms with Gasteiger partial charge in [0.15, 0.2) is 0 Å². The quantitative estimate of drug-likeness (QED) is 0.879. The van der Waals surface area contributed by atoms with Crippen molar-refractivity contribution in [1.29, 1.82) is 0 Å². The predicted octanol–water partition coefficient (Wildman–Crippen LogP) is 1.89. The summed E-state index contributed by atoms with van der Waals surface area (Å²) in [6.07, 6.45) is 3.21. The molecule has 0 amide bonds. The van der Waals surface area contributed by atoms with E-state index in [2.05, 4.69) is 25.3 Å². The number of hydrogen-bond donors (Lipinski definition) is 1. The van der Waals surface area contributed by atoms with Crippen molar-refractivity contribution >= 4 is 5.95 Å². The Morgan fingerprint density at radius 2 is 1.95 bits per heavy atom. The number of anilines is 1. The first-order valence-corrected chi connectivity index (χ1v) is 5.85. The number of nitrogens with zero attached hydrogens (tertiary/aromatic N) is 4. The lowest BCUT2D eigenvalue weighted by Crippen LogP contribution is -2.11. The molecule has 2 aromatic rings. The van der Waals surface area contributed by atoms with Gasteiger partial charge in [-0.2, -0.15) is 9.97 Å². The zero-order valence-electron chi connectivity index (χ0n) is 11.0. The molecular weight excluding hydrogens is 246 g/mol. The van der Waals surface area contributed by atoms with E-state index >= 15 is 0 Å². The number of pyridine rings is 1. The van der Waals surface area contributed by atoms with Crippen molar-refractivity contribution < 1.29 is 9.47 Å². The Morgan fingerprint density at radius 3 is 2.58 bits per heavy atom. The third-order valence-corrected chi connectivity index (χ3v) is 2.00. The Labute approximate surface area is 111 Å². The molecule has 100 valence electrons. The molecule has 2 aromatic heterocycles. The van der Waals surface area contributed by atoms with Gasteiger partial charge in [0.25, 0.3) is 0 Å². The predicted molar refractivity (Wildman–Crippen MR) is 69.4 cm³/mol. The first kappa shape index (κ1) is 13.0. The maximum absolute atomic E-state index is 5.50. The van der Waals surface area contributed by atoms with Crippen molar-refractivity contribution in [1.82, 2.24) is 19.9 Å². The van der Waals surface area contributed by atoms with Crippen LogP contribution in [0.15, 0.2) is 24.5 Å². The van der Waals surface area contributed by atoms with E-state index in [4.69, 9.17) is 9.47 Å². The molecule has 0 atom stereocenters. The molecule has 7 heteroatoms. The van der Waals surface area contributed by atoms with Gasteiger partial charge in [-0.1, -0.05) is 0 Å². The Kier molecular flexibility index (Phi) is 4.07. The van der Waals surface area contributed by atoms with Gasteiger partial charge >= 0.3 is 12.0 Å². The summed E-state index contributed by atoms with van der Waals surface area (Å²) < 4.78 is 10.9. The minimum atomic E-state index is -0.0293. The SMILES string of the molecule is CNc1nc(Oc2cccnc2)nc(OC(C)C)n1. The van der Waals surface area contributed by atoms with Crippen LogP contribution in [0.5, 0.6) is 17.8 Å². The molecule has 2 rings (SSSR count). The van der Waals surface area contributed by atoms with E-state index in [1.54, 1.807) is 31.6 Å². The van der Waals surface area contributed by atoms with Crippen LogP contribution in [0, 0.1) is 0 Å². The number of nitrogens with one attached hydrogen (secondary N) is 1. The highest BCUT2D eigenvalue weighted by Crippen LogP contribution is 2.19. The van der Waals surface area contributed by atoms with Crippen molar-refractivity contribution in [3.05, 3.63) is 24.5 Å². The third kappa shape index (κ3) is 3.77. The molecule has 0 saturated heterocycles. The van der Waals surface area contributed by atoms with Crippen LogP contribution in [0.4, 0.5) is 5.95 Å². The first-order chi connectivity index (χ1) is 9.17. The van der Waals surface area contributed by atoms with Crippen molar-refractivity contribution in [2.24, 2.45) is 0 Å². The van der Waals surface area contributed by atoms with Gasteiger partial charge in [-0.25, -0.2) is 0 Å². The molecule has 0 aromatic carbocycles. The normalized spacial score (nSPS) is 10.3. The third-order valence-electron chi connectivity index (χ3n) is 2.00. The molecule has 0 aliphatic rings. The van der Waals surface area contributed by atoms with E-state index in [-0.39, 0.29) is 18.1 Å². The topological polar surface area (TPSA) is 82.1 Å². The molecule has 0 unspecified atom stereocenters. The van der Waals surface area contributed by atoms with Crippen molar-refractivity contribution in [2.45, 2.75) is 20.0 Å². The number of hydrogen-bond acceptors (Lipinski definition) is 7.